The Bertz CT molecular complexity index is 799. The first-order valence-corrected chi connectivity index (χ1v) is 8.95. The van der Waals surface area contributed by atoms with Crippen LogP contribution in [0.15, 0.2) is 30.3 Å². The molecule has 1 aromatic rings. The van der Waals surface area contributed by atoms with Crippen LogP contribution >= 0.6 is 11.8 Å². The summed E-state index contributed by atoms with van der Waals surface area (Å²) in [7, 11) is 0. The molecule has 2 amide bonds. The second-order valence-electron chi connectivity index (χ2n) is 7.04. The molecule has 0 spiro atoms. The predicted molar refractivity (Wildman–Crippen MR) is 90.8 cm³/mol. The maximum absolute atomic E-state index is 13.9. The summed E-state index contributed by atoms with van der Waals surface area (Å²) < 4.78 is 40.6. The molecule has 2 heterocycles. The van der Waals surface area contributed by atoms with Crippen molar-refractivity contribution in [1.82, 2.24) is 10.2 Å². The topological polar surface area (TPSA) is 86.7 Å². The van der Waals surface area contributed by atoms with Gasteiger partial charge in [0.2, 0.25) is 11.4 Å². The number of amides is 2. The average molecular weight is 402 g/mol. The van der Waals surface area contributed by atoms with Gasteiger partial charge < -0.3 is 15.3 Å². The molecule has 146 valence electrons. The highest BCUT2D eigenvalue weighted by molar-refractivity contribution is 8.01. The molecule has 1 aromatic carbocycles. The number of carbonyl (C=O) groups excluding carboxylic acids is 2. The van der Waals surface area contributed by atoms with E-state index < -0.39 is 45.7 Å². The third kappa shape index (κ3) is 2.86. The number of carboxylic acid groups (broad SMARTS) is 1. The number of alkyl halides is 3. The number of aliphatic carboxylic acids is 1. The number of carboxylic acids is 1. The van der Waals surface area contributed by atoms with Gasteiger partial charge in [-0.3, -0.25) is 9.59 Å². The molecular weight excluding hydrogens is 385 g/mol. The standard InChI is InChI=1S/C17H17F3N2O4S/c1-15(2)11(12(24)25)22-13(26)16(14(22)27-15,17(18,19)20)21-10(23)8-9-6-4-3-5-7-9/h3-7,11,14H,8H2,1-2H3,(H,21,23)(H,24,25)/t11-,14+,16?/m0/s1. The van der Waals surface area contributed by atoms with Crippen molar-refractivity contribution in [3.63, 3.8) is 0 Å². The van der Waals surface area contributed by atoms with Crippen molar-refractivity contribution in [2.75, 3.05) is 0 Å². The van der Waals surface area contributed by atoms with Crippen LogP contribution < -0.4 is 5.32 Å². The molecule has 6 nitrogen and oxygen atoms in total. The zero-order valence-corrected chi connectivity index (χ0v) is 15.2. The van der Waals surface area contributed by atoms with Crippen LogP contribution in [0.5, 0.6) is 0 Å². The van der Waals surface area contributed by atoms with Gasteiger partial charge in [0.05, 0.1) is 6.42 Å². The van der Waals surface area contributed by atoms with Gasteiger partial charge in [0.15, 0.2) is 0 Å². The quantitative estimate of drug-likeness (QED) is 0.750. The summed E-state index contributed by atoms with van der Waals surface area (Å²) in [6, 6.07) is 6.76. The first-order valence-electron chi connectivity index (χ1n) is 8.07. The predicted octanol–water partition coefficient (Wildman–Crippen LogP) is 1.79. The number of halogens is 3. The van der Waals surface area contributed by atoms with E-state index in [1.54, 1.807) is 30.3 Å². The summed E-state index contributed by atoms with van der Waals surface area (Å²) >= 11 is 0.729. The number of nitrogens with one attached hydrogen (secondary N) is 1. The van der Waals surface area contributed by atoms with Crippen LogP contribution in [0.4, 0.5) is 13.2 Å². The first-order chi connectivity index (χ1) is 12.4. The Kier molecular flexibility index (Phi) is 4.45. The molecule has 2 fully saturated rings. The normalized spacial score (nSPS) is 29.1. The Morgan fingerprint density at radius 2 is 1.85 bits per heavy atom. The van der Waals surface area contributed by atoms with Gasteiger partial charge in [-0.15, -0.1) is 11.8 Å². The van der Waals surface area contributed by atoms with Crippen LogP contribution in [0.25, 0.3) is 0 Å². The highest BCUT2D eigenvalue weighted by atomic mass is 32.2. The van der Waals surface area contributed by atoms with Crippen LogP contribution in [-0.2, 0) is 20.8 Å². The number of thioether (sulfide) groups is 1. The first kappa shape index (κ1) is 19.5. The summed E-state index contributed by atoms with van der Waals surface area (Å²) in [6.07, 6.45) is -5.39. The lowest BCUT2D eigenvalue weighted by molar-refractivity contribution is -0.238. The highest BCUT2D eigenvalue weighted by Crippen LogP contribution is 2.59. The number of nitrogens with zero attached hydrogens (tertiary/aromatic N) is 1. The van der Waals surface area contributed by atoms with Crippen LogP contribution in [0.3, 0.4) is 0 Å². The minimum Gasteiger partial charge on any atom is -0.480 e. The van der Waals surface area contributed by atoms with Crippen molar-refractivity contribution in [3.05, 3.63) is 35.9 Å². The summed E-state index contributed by atoms with van der Waals surface area (Å²) in [4.78, 5) is 37.0. The van der Waals surface area contributed by atoms with Gasteiger partial charge in [-0.1, -0.05) is 30.3 Å². The molecular formula is C17H17F3N2O4S. The third-order valence-corrected chi connectivity index (χ3v) is 6.41. The molecule has 0 aliphatic carbocycles. The summed E-state index contributed by atoms with van der Waals surface area (Å²) in [5, 5.41) is 9.70. The van der Waals surface area contributed by atoms with E-state index in [0.717, 1.165) is 11.8 Å². The monoisotopic (exact) mass is 402 g/mol. The van der Waals surface area contributed by atoms with Crippen LogP contribution in [0.2, 0.25) is 0 Å². The Labute approximate surface area is 157 Å². The zero-order valence-electron chi connectivity index (χ0n) is 14.4. The van der Waals surface area contributed by atoms with Gasteiger partial charge >= 0.3 is 12.1 Å². The van der Waals surface area contributed by atoms with E-state index in [0.29, 0.717) is 10.5 Å². The molecule has 0 aromatic heterocycles. The highest BCUT2D eigenvalue weighted by Gasteiger charge is 2.81. The number of benzene rings is 1. The molecule has 27 heavy (non-hydrogen) atoms. The van der Waals surface area contributed by atoms with Gasteiger partial charge in [0.25, 0.3) is 5.91 Å². The second-order valence-corrected chi connectivity index (χ2v) is 8.78. The maximum Gasteiger partial charge on any atom is 0.423 e. The van der Waals surface area contributed by atoms with Crippen molar-refractivity contribution in [3.8, 4) is 0 Å². The van der Waals surface area contributed by atoms with E-state index in [1.165, 1.54) is 13.8 Å². The lowest BCUT2D eigenvalue weighted by Crippen LogP contribution is -2.84. The van der Waals surface area contributed by atoms with E-state index in [9.17, 15) is 32.7 Å². The van der Waals surface area contributed by atoms with Crippen molar-refractivity contribution >= 4 is 29.5 Å². The van der Waals surface area contributed by atoms with Gasteiger partial charge in [0.1, 0.15) is 11.4 Å². The smallest absolute Gasteiger partial charge is 0.423 e. The molecule has 3 rings (SSSR count). The third-order valence-electron chi connectivity index (χ3n) is 4.77. The van der Waals surface area contributed by atoms with Gasteiger partial charge in [-0.2, -0.15) is 13.2 Å². The SMILES string of the molecule is CC1(C)S[C@H]2N(C(=O)C2(NC(=O)Cc2ccccc2)C(F)(F)F)[C@H]1C(=O)O. The van der Waals surface area contributed by atoms with E-state index in [1.807, 2.05) is 5.32 Å². The fourth-order valence-corrected chi connectivity index (χ4v) is 5.27. The van der Waals surface area contributed by atoms with Gasteiger partial charge in [-0.05, 0) is 19.4 Å². The fraction of sp³-hybridized carbons (Fsp3) is 0.471. The van der Waals surface area contributed by atoms with Crippen LogP contribution in [0, 0.1) is 0 Å². The van der Waals surface area contributed by atoms with Crippen molar-refractivity contribution in [2.24, 2.45) is 0 Å². The number of fused-ring (bicyclic) bond motifs is 1. The van der Waals surface area contributed by atoms with Crippen molar-refractivity contribution < 1.29 is 32.7 Å². The largest absolute Gasteiger partial charge is 0.480 e. The van der Waals surface area contributed by atoms with E-state index >= 15 is 0 Å². The second kappa shape index (κ2) is 6.15. The molecule has 3 atom stereocenters. The zero-order chi connectivity index (χ0) is 20.2. The minimum absolute atomic E-state index is 0.324. The Hall–Kier alpha value is -2.23. The molecule has 2 aliphatic rings. The molecule has 10 heteroatoms. The minimum atomic E-state index is -5.06. The summed E-state index contributed by atoms with van der Waals surface area (Å²) in [5.41, 5.74) is -2.62. The Balaban J connectivity index is 1.91. The number of hydrogen-bond donors (Lipinski definition) is 2. The number of β-lactam (4-membered cyclic amide) rings is 1. The molecule has 0 radical (unpaired) electrons. The molecule has 0 bridgehead atoms. The molecule has 0 saturated carbocycles. The van der Waals surface area contributed by atoms with Gasteiger partial charge in [-0.25, -0.2) is 4.79 Å². The summed E-state index contributed by atoms with van der Waals surface area (Å²) in [5.74, 6) is -3.77. The average Bonchev–Trinajstić information content (AvgIpc) is 2.81. The maximum atomic E-state index is 13.9. The molecule has 2 saturated heterocycles. The fourth-order valence-electron chi connectivity index (χ4n) is 3.55. The molecule has 1 unspecified atom stereocenters. The number of rotatable bonds is 4. The van der Waals surface area contributed by atoms with Crippen LogP contribution in [0.1, 0.15) is 19.4 Å². The van der Waals surface area contributed by atoms with Crippen molar-refractivity contribution in [1.29, 1.82) is 0 Å². The van der Waals surface area contributed by atoms with E-state index in [4.69, 9.17) is 0 Å². The van der Waals surface area contributed by atoms with E-state index in [-0.39, 0.29) is 6.42 Å². The lowest BCUT2D eigenvalue weighted by atomic mass is 9.83. The van der Waals surface area contributed by atoms with Crippen LogP contribution in [-0.4, -0.2) is 55.7 Å². The van der Waals surface area contributed by atoms with Gasteiger partial charge in [0, 0.05) is 4.75 Å². The Morgan fingerprint density at radius 1 is 1.26 bits per heavy atom. The number of carbonyl (C=O) groups is 3. The molecule has 2 aliphatic heterocycles. The number of hydrogen-bond acceptors (Lipinski definition) is 4. The lowest BCUT2D eigenvalue weighted by Gasteiger charge is -2.53. The van der Waals surface area contributed by atoms with E-state index in [2.05, 4.69) is 0 Å². The van der Waals surface area contributed by atoms with Crippen molar-refractivity contribution in [2.45, 2.75) is 48.1 Å². The Morgan fingerprint density at radius 3 is 2.37 bits per heavy atom. The summed E-state index contributed by atoms with van der Waals surface area (Å²) in [6.45, 7) is 2.93. The molecule has 2 N–H and O–H groups in total.